The first-order chi connectivity index (χ1) is 12.3. The number of hydrogen-bond donors (Lipinski definition) is 1. The Hall–Kier alpha value is -1.77. The maximum atomic E-state index is 4.22. The minimum absolute atomic E-state index is 0.594. The highest BCUT2D eigenvalue weighted by molar-refractivity contribution is 5.54. The molecule has 1 aromatic heterocycles. The molecule has 3 rings (SSSR count). The number of hydrogen-bond acceptors (Lipinski definition) is 2. The first-order valence-electron chi connectivity index (χ1n) is 10.1. The number of aryl methyl sites for hydroxylation is 1. The summed E-state index contributed by atoms with van der Waals surface area (Å²) in [7, 11) is 0. The molecule has 1 aliphatic carbocycles. The standard InChI is InChI=1S/C22H33N3/c1-3-19-11-7-8-12-22(19)25(16-20-15-23-17-24-20)21(4-2)14-13-18-9-5-6-10-18/h7-8,11-12,15,17-18,21H,3-6,9-10,13-14,16H2,1-2H3,(H,23,24). The van der Waals surface area contributed by atoms with Crippen molar-refractivity contribution in [3.05, 3.63) is 48.0 Å². The number of anilines is 1. The molecule has 1 unspecified atom stereocenters. The summed E-state index contributed by atoms with van der Waals surface area (Å²) in [4.78, 5) is 10.1. The van der Waals surface area contributed by atoms with E-state index in [1.807, 2.05) is 6.20 Å². The lowest BCUT2D eigenvalue weighted by Crippen LogP contribution is -2.35. The number of aromatic amines is 1. The third-order valence-corrected chi connectivity index (χ3v) is 5.87. The normalized spacial score (nSPS) is 16.2. The zero-order chi connectivity index (χ0) is 17.5. The quantitative estimate of drug-likeness (QED) is 0.633. The van der Waals surface area contributed by atoms with Gasteiger partial charge in [-0.3, -0.25) is 0 Å². The molecule has 1 N–H and O–H groups in total. The molecule has 0 radical (unpaired) electrons. The summed E-state index contributed by atoms with van der Waals surface area (Å²) in [5.41, 5.74) is 4.05. The van der Waals surface area contributed by atoms with Gasteiger partial charge in [-0.15, -0.1) is 0 Å². The van der Waals surface area contributed by atoms with Gasteiger partial charge in [0.05, 0.1) is 18.6 Å². The van der Waals surface area contributed by atoms with Crippen LogP contribution in [0.1, 0.15) is 70.1 Å². The van der Waals surface area contributed by atoms with Gasteiger partial charge in [0.1, 0.15) is 0 Å². The van der Waals surface area contributed by atoms with Crippen LogP contribution in [0.25, 0.3) is 0 Å². The number of imidazole rings is 1. The highest BCUT2D eigenvalue weighted by atomic mass is 15.2. The van der Waals surface area contributed by atoms with Crippen molar-refractivity contribution in [1.82, 2.24) is 9.97 Å². The third kappa shape index (κ3) is 4.65. The van der Waals surface area contributed by atoms with Gasteiger partial charge in [0.25, 0.3) is 0 Å². The van der Waals surface area contributed by atoms with Crippen LogP contribution in [0.5, 0.6) is 0 Å². The van der Waals surface area contributed by atoms with Crippen LogP contribution in [-0.4, -0.2) is 16.0 Å². The van der Waals surface area contributed by atoms with Crippen LogP contribution >= 0.6 is 0 Å². The molecule has 0 spiro atoms. The van der Waals surface area contributed by atoms with Crippen LogP contribution in [0.3, 0.4) is 0 Å². The number of aromatic nitrogens is 2. The Morgan fingerprint density at radius 2 is 2.00 bits per heavy atom. The van der Waals surface area contributed by atoms with Crippen LogP contribution in [0, 0.1) is 5.92 Å². The molecule has 1 aromatic carbocycles. The number of H-pyrrole nitrogens is 1. The van der Waals surface area contributed by atoms with Crippen LogP contribution in [0.2, 0.25) is 0 Å². The monoisotopic (exact) mass is 339 g/mol. The molecule has 1 saturated carbocycles. The van der Waals surface area contributed by atoms with Gasteiger partial charge in [-0.1, -0.05) is 57.7 Å². The molecule has 136 valence electrons. The van der Waals surface area contributed by atoms with Gasteiger partial charge in [0.15, 0.2) is 0 Å². The van der Waals surface area contributed by atoms with Crippen molar-refractivity contribution in [2.75, 3.05) is 4.90 Å². The average Bonchev–Trinajstić information content (AvgIpc) is 3.35. The van der Waals surface area contributed by atoms with Gasteiger partial charge in [0.2, 0.25) is 0 Å². The Balaban J connectivity index is 1.80. The van der Waals surface area contributed by atoms with E-state index in [9.17, 15) is 0 Å². The van der Waals surface area contributed by atoms with Gasteiger partial charge < -0.3 is 9.88 Å². The minimum atomic E-state index is 0.594. The van der Waals surface area contributed by atoms with Gasteiger partial charge in [0, 0.05) is 17.9 Å². The Morgan fingerprint density at radius 1 is 1.20 bits per heavy atom. The number of nitrogens with zero attached hydrogens (tertiary/aromatic N) is 2. The van der Waals surface area contributed by atoms with Gasteiger partial charge >= 0.3 is 0 Å². The summed E-state index contributed by atoms with van der Waals surface area (Å²) in [6.07, 6.45) is 14.5. The number of rotatable bonds is 9. The molecule has 1 atom stereocenters. The highest BCUT2D eigenvalue weighted by Crippen LogP contribution is 2.32. The second-order valence-electron chi connectivity index (χ2n) is 7.48. The van der Waals surface area contributed by atoms with Crippen molar-refractivity contribution in [2.24, 2.45) is 5.92 Å². The second kappa shape index (κ2) is 9.07. The predicted molar refractivity (Wildman–Crippen MR) is 106 cm³/mol. The lowest BCUT2D eigenvalue weighted by atomic mass is 9.95. The van der Waals surface area contributed by atoms with Gasteiger partial charge in [-0.2, -0.15) is 0 Å². The summed E-state index contributed by atoms with van der Waals surface area (Å²) in [5.74, 6) is 0.962. The summed E-state index contributed by atoms with van der Waals surface area (Å²) >= 11 is 0. The molecule has 0 aliphatic heterocycles. The van der Waals surface area contributed by atoms with E-state index in [-0.39, 0.29) is 0 Å². The first-order valence-corrected chi connectivity index (χ1v) is 10.1. The van der Waals surface area contributed by atoms with Crippen LogP contribution in [0.15, 0.2) is 36.8 Å². The topological polar surface area (TPSA) is 31.9 Å². The molecule has 2 aromatic rings. The number of nitrogens with one attached hydrogen (secondary N) is 1. The lowest BCUT2D eigenvalue weighted by Gasteiger charge is -2.35. The fraction of sp³-hybridized carbons (Fsp3) is 0.591. The lowest BCUT2D eigenvalue weighted by molar-refractivity contribution is 0.425. The van der Waals surface area contributed by atoms with Crippen LogP contribution in [-0.2, 0) is 13.0 Å². The molecular weight excluding hydrogens is 306 g/mol. The summed E-state index contributed by atoms with van der Waals surface area (Å²) in [6, 6.07) is 9.51. The molecule has 0 bridgehead atoms. The fourth-order valence-electron chi connectivity index (χ4n) is 4.36. The Labute approximate surface area is 152 Å². The minimum Gasteiger partial charge on any atom is -0.362 e. The SMILES string of the molecule is CCc1ccccc1N(Cc1cnc[nH]1)C(CC)CCC1CCCC1. The van der Waals surface area contributed by atoms with Crippen molar-refractivity contribution in [2.45, 2.75) is 77.8 Å². The zero-order valence-corrected chi connectivity index (χ0v) is 15.9. The molecule has 1 fully saturated rings. The highest BCUT2D eigenvalue weighted by Gasteiger charge is 2.23. The molecule has 3 nitrogen and oxygen atoms in total. The van der Waals surface area contributed by atoms with Crippen LogP contribution in [0.4, 0.5) is 5.69 Å². The second-order valence-corrected chi connectivity index (χ2v) is 7.48. The van der Waals surface area contributed by atoms with Crippen molar-refractivity contribution < 1.29 is 0 Å². The third-order valence-electron chi connectivity index (χ3n) is 5.87. The van der Waals surface area contributed by atoms with Crippen molar-refractivity contribution in [3.8, 4) is 0 Å². The van der Waals surface area contributed by atoms with E-state index in [4.69, 9.17) is 0 Å². The average molecular weight is 340 g/mol. The molecule has 3 heteroatoms. The van der Waals surface area contributed by atoms with Gasteiger partial charge in [-0.25, -0.2) is 4.98 Å². The summed E-state index contributed by atoms with van der Waals surface area (Å²) in [6.45, 7) is 5.51. The molecule has 1 aliphatic rings. The van der Waals surface area contributed by atoms with E-state index in [1.165, 1.54) is 61.9 Å². The van der Waals surface area contributed by atoms with E-state index in [1.54, 1.807) is 6.33 Å². The molecule has 1 heterocycles. The number of benzene rings is 1. The maximum absolute atomic E-state index is 4.22. The first kappa shape index (κ1) is 18.0. The van der Waals surface area contributed by atoms with E-state index in [0.717, 1.165) is 18.9 Å². The van der Waals surface area contributed by atoms with Crippen molar-refractivity contribution >= 4 is 5.69 Å². The van der Waals surface area contributed by atoms with E-state index in [2.05, 4.69) is 53.0 Å². The Kier molecular flexibility index (Phi) is 6.55. The Bertz CT molecular complexity index is 614. The zero-order valence-electron chi connectivity index (χ0n) is 15.9. The maximum Gasteiger partial charge on any atom is 0.0922 e. The molecule has 25 heavy (non-hydrogen) atoms. The van der Waals surface area contributed by atoms with Crippen LogP contribution < -0.4 is 4.90 Å². The van der Waals surface area contributed by atoms with E-state index in [0.29, 0.717) is 6.04 Å². The van der Waals surface area contributed by atoms with Gasteiger partial charge in [-0.05, 0) is 43.2 Å². The predicted octanol–water partition coefficient (Wildman–Crippen LogP) is 5.73. The smallest absolute Gasteiger partial charge is 0.0922 e. The number of para-hydroxylation sites is 1. The Morgan fingerprint density at radius 3 is 2.68 bits per heavy atom. The van der Waals surface area contributed by atoms with E-state index < -0.39 is 0 Å². The largest absolute Gasteiger partial charge is 0.362 e. The summed E-state index contributed by atoms with van der Waals surface area (Å²) < 4.78 is 0. The molecule has 0 saturated heterocycles. The van der Waals surface area contributed by atoms with Crippen molar-refractivity contribution in [1.29, 1.82) is 0 Å². The molecular formula is C22H33N3. The summed E-state index contributed by atoms with van der Waals surface area (Å²) in [5, 5.41) is 0. The van der Waals surface area contributed by atoms with E-state index >= 15 is 0 Å². The van der Waals surface area contributed by atoms with Crippen molar-refractivity contribution in [3.63, 3.8) is 0 Å². The fourth-order valence-corrected chi connectivity index (χ4v) is 4.36. The molecule has 0 amide bonds.